The molecule has 0 unspecified atom stereocenters. The molecule has 0 spiro atoms. The number of benzene rings is 1. The first-order valence-electron chi connectivity index (χ1n) is 5.37. The van der Waals surface area contributed by atoms with E-state index >= 15 is 0 Å². The molecule has 2 nitrogen and oxygen atoms in total. The van der Waals surface area contributed by atoms with Gasteiger partial charge >= 0.3 is 0 Å². The van der Waals surface area contributed by atoms with Crippen LogP contribution in [0.2, 0.25) is 0 Å². The molecule has 1 aliphatic rings. The van der Waals surface area contributed by atoms with Gasteiger partial charge in [-0.1, -0.05) is 17.9 Å². The summed E-state index contributed by atoms with van der Waals surface area (Å²) in [4.78, 5) is 0. The van der Waals surface area contributed by atoms with Crippen LogP contribution in [-0.4, -0.2) is 30.2 Å². The Hall–Kier alpha value is -1.02. The predicted octanol–water partition coefficient (Wildman–Crippen LogP) is 1.80. The summed E-state index contributed by atoms with van der Waals surface area (Å²) in [6.07, 6.45) is 0. The normalized spacial score (nSPS) is 14.9. The monoisotopic (exact) mass is 252 g/mol. The topological polar surface area (TPSA) is 29.5 Å². The number of ether oxygens (including phenoxy) is 1. The molecule has 0 saturated carbocycles. The van der Waals surface area contributed by atoms with Crippen LogP contribution in [0.4, 0.5) is 4.39 Å². The van der Waals surface area contributed by atoms with Crippen LogP contribution in [0.25, 0.3) is 0 Å². The zero-order valence-electron chi connectivity index (χ0n) is 9.28. The fourth-order valence-electron chi connectivity index (χ4n) is 1.42. The predicted molar refractivity (Wildman–Crippen MR) is 66.3 cm³/mol. The minimum Gasteiger partial charge on any atom is -0.384 e. The average molecular weight is 252 g/mol. The van der Waals surface area contributed by atoms with Gasteiger partial charge in [-0.2, -0.15) is 0 Å². The number of aliphatic hydroxyl groups excluding tert-OH is 1. The summed E-state index contributed by atoms with van der Waals surface area (Å²) >= 11 is 1.81. The molecule has 4 heteroatoms. The zero-order chi connectivity index (χ0) is 12.1. The summed E-state index contributed by atoms with van der Waals surface area (Å²) in [6, 6.07) is 4.94. The van der Waals surface area contributed by atoms with Crippen molar-refractivity contribution in [3.8, 4) is 11.8 Å². The summed E-state index contributed by atoms with van der Waals surface area (Å²) in [7, 11) is 0. The Morgan fingerprint density at radius 1 is 1.47 bits per heavy atom. The number of hydrogen-bond acceptors (Lipinski definition) is 3. The lowest BCUT2D eigenvalue weighted by atomic mass is 10.1. The molecule has 1 aliphatic heterocycles. The molecule has 90 valence electrons. The molecule has 2 rings (SSSR count). The van der Waals surface area contributed by atoms with E-state index in [1.807, 2.05) is 11.8 Å². The van der Waals surface area contributed by atoms with E-state index in [0.29, 0.717) is 10.8 Å². The highest BCUT2D eigenvalue weighted by atomic mass is 32.2. The number of halogens is 1. The van der Waals surface area contributed by atoms with E-state index in [0.717, 1.165) is 24.5 Å². The van der Waals surface area contributed by atoms with Gasteiger partial charge in [0.15, 0.2) is 0 Å². The Labute approximate surface area is 104 Å². The van der Waals surface area contributed by atoms with E-state index in [9.17, 15) is 4.39 Å². The highest BCUT2D eigenvalue weighted by Gasteiger charge is 2.18. The van der Waals surface area contributed by atoms with Crippen molar-refractivity contribution in [1.29, 1.82) is 0 Å². The summed E-state index contributed by atoms with van der Waals surface area (Å²) in [5, 5.41) is 9.15. The molecule has 1 aromatic carbocycles. The first kappa shape index (κ1) is 12.4. The number of aliphatic hydroxyl groups is 1. The molecule has 1 saturated heterocycles. The lowest BCUT2D eigenvalue weighted by Crippen LogP contribution is -2.30. The van der Waals surface area contributed by atoms with Crippen LogP contribution in [0.3, 0.4) is 0 Å². The Morgan fingerprint density at radius 3 is 2.94 bits per heavy atom. The molecule has 0 radical (unpaired) electrons. The molecule has 17 heavy (non-hydrogen) atoms. The molecule has 1 heterocycles. The van der Waals surface area contributed by atoms with Gasteiger partial charge in [-0.05, 0) is 17.7 Å². The standard InChI is InChI=1S/C13H13FO2S/c14-13-4-3-10(6-11(13)2-1-5-15)9-17-12-7-16-8-12/h3-4,6,12,15H,5,7-9H2. The Kier molecular flexibility index (Phi) is 4.43. The third-order valence-electron chi connectivity index (χ3n) is 2.43. The van der Waals surface area contributed by atoms with E-state index < -0.39 is 0 Å². The second-order valence-electron chi connectivity index (χ2n) is 3.74. The van der Waals surface area contributed by atoms with Gasteiger partial charge in [0.2, 0.25) is 0 Å². The van der Waals surface area contributed by atoms with Gasteiger partial charge < -0.3 is 9.84 Å². The van der Waals surface area contributed by atoms with Gasteiger partial charge in [0.1, 0.15) is 12.4 Å². The minimum absolute atomic E-state index is 0.252. The van der Waals surface area contributed by atoms with Crippen LogP contribution < -0.4 is 0 Å². The fourth-order valence-corrected chi connectivity index (χ4v) is 2.41. The highest BCUT2D eigenvalue weighted by molar-refractivity contribution is 7.99. The third kappa shape index (κ3) is 3.47. The second kappa shape index (κ2) is 6.06. The summed E-state index contributed by atoms with van der Waals surface area (Å²) in [5.41, 5.74) is 1.40. The first-order valence-corrected chi connectivity index (χ1v) is 6.42. The van der Waals surface area contributed by atoms with Crippen LogP contribution >= 0.6 is 11.8 Å². The average Bonchev–Trinajstić information content (AvgIpc) is 2.27. The minimum atomic E-state index is -0.341. The Morgan fingerprint density at radius 2 is 2.29 bits per heavy atom. The Balaban J connectivity index is 2.01. The van der Waals surface area contributed by atoms with Crippen molar-refractivity contribution in [2.24, 2.45) is 0 Å². The van der Waals surface area contributed by atoms with Crippen LogP contribution in [0, 0.1) is 17.7 Å². The summed E-state index contributed by atoms with van der Waals surface area (Å²) in [6.45, 7) is 1.36. The molecule has 1 aromatic rings. The number of thioether (sulfide) groups is 1. The van der Waals surface area contributed by atoms with E-state index in [2.05, 4.69) is 11.8 Å². The fraction of sp³-hybridized carbons (Fsp3) is 0.385. The maximum atomic E-state index is 13.4. The van der Waals surface area contributed by atoms with Crippen molar-refractivity contribution in [3.05, 3.63) is 35.1 Å². The van der Waals surface area contributed by atoms with E-state index in [4.69, 9.17) is 9.84 Å². The van der Waals surface area contributed by atoms with Crippen LogP contribution in [0.15, 0.2) is 18.2 Å². The highest BCUT2D eigenvalue weighted by Crippen LogP contribution is 2.24. The van der Waals surface area contributed by atoms with Gasteiger partial charge in [-0.25, -0.2) is 4.39 Å². The molecule has 1 N–H and O–H groups in total. The molecule has 0 aromatic heterocycles. The van der Waals surface area contributed by atoms with Crippen molar-refractivity contribution in [1.82, 2.24) is 0 Å². The first-order chi connectivity index (χ1) is 8.29. The van der Waals surface area contributed by atoms with Crippen molar-refractivity contribution >= 4 is 11.8 Å². The molecular formula is C13H13FO2S. The number of hydrogen-bond donors (Lipinski definition) is 1. The van der Waals surface area contributed by atoms with Crippen molar-refractivity contribution in [2.45, 2.75) is 11.0 Å². The molecule has 1 fully saturated rings. The van der Waals surface area contributed by atoms with Gasteiger partial charge in [0.05, 0.1) is 24.0 Å². The SMILES string of the molecule is OCC#Cc1cc(CSC2COC2)ccc1F. The Bertz CT molecular complexity index is 446. The lowest BCUT2D eigenvalue weighted by Gasteiger charge is -2.25. The van der Waals surface area contributed by atoms with Gasteiger partial charge in [-0.3, -0.25) is 0 Å². The van der Waals surface area contributed by atoms with E-state index in [1.54, 1.807) is 12.1 Å². The van der Waals surface area contributed by atoms with Gasteiger partial charge in [-0.15, -0.1) is 11.8 Å². The zero-order valence-corrected chi connectivity index (χ0v) is 10.1. The largest absolute Gasteiger partial charge is 0.384 e. The van der Waals surface area contributed by atoms with Crippen molar-refractivity contribution in [2.75, 3.05) is 19.8 Å². The molecule has 0 aliphatic carbocycles. The second-order valence-corrected chi connectivity index (χ2v) is 5.03. The lowest BCUT2D eigenvalue weighted by molar-refractivity contribution is 0.0455. The molecule has 0 atom stereocenters. The van der Waals surface area contributed by atoms with Gasteiger partial charge in [0, 0.05) is 5.75 Å². The molecule has 0 amide bonds. The van der Waals surface area contributed by atoms with Crippen molar-refractivity contribution < 1.29 is 14.2 Å². The number of rotatable bonds is 3. The maximum absolute atomic E-state index is 13.4. The smallest absolute Gasteiger partial charge is 0.138 e. The van der Waals surface area contributed by atoms with Gasteiger partial charge in [0.25, 0.3) is 0 Å². The molecular weight excluding hydrogens is 239 g/mol. The van der Waals surface area contributed by atoms with E-state index in [-0.39, 0.29) is 12.4 Å². The quantitative estimate of drug-likeness (QED) is 0.832. The maximum Gasteiger partial charge on any atom is 0.138 e. The van der Waals surface area contributed by atoms with Crippen LogP contribution in [0.1, 0.15) is 11.1 Å². The van der Waals surface area contributed by atoms with E-state index in [1.165, 1.54) is 6.07 Å². The van der Waals surface area contributed by atoms with Crippen LogP contribution in [-0.2, 0) is 10.5 Å². The summed E-state index contributed by atoms with van der Waals surface area (Å²) < 4.78 is 18.4. The van der Waals surface area contributed by atoms with Crippen molar-refractivity contribution in [3.63, 3.8) is 0 Å². The molecule has 0 bridgehead atoms. The third-order valence-corrected chi connectivity index (χ3v) is 3.67. The van der Waals surface area contributed by atoms with Crippen LogP contribution in [0.5, 0.6) is 0 Å². The summed E-state index contributed by atoms with van der Waals surface area (Å²) in [5.74, 6) is 5.56.